The predicted octanol–water partition coefficient (Wildman–Crippen LogP) is 2.91. The minimum atomic E-state index is -0.0826. The van der Waals surface area contributed by atoms with Gasteiger partial charge in [0.2, 0.25) is 5.91 Å². The number of rotatable bonds is 2. The van der Waals surface area contributed by atoms with Crippen LogP contribution in [0, 0.1) is 5.92 Å². The summed E-state index contributed by atoms with van der Waals surface area (Å²) in [7, 11) is 0. The molecule has 20 heavy (non-hydrogen) atoms. The minimum absolute atomic E-state index is 0.0826. The third kappa shape index (κ3) is 2.41. The number of para-hydroxylation sites is 1. The molecule has 0 bridgehead atoms. The van der Waals surface area contributed by atoms with Crippen LogP contribution in [-0.2, 0) is 4.79 Å². The van der Waals surface area contributed by atoms with Crippen molar-refractivity contribution >= 4 is 11.6 Å². The van der Waals surface area contributed by atoms with Gasteiger partial charge in [-0.05, 0) is 38.8 Å². The first-order valence-electron chi connectivity index (χ1n) is 7.69. The number of anilines is 1. The van der Waals surface area contributed by atoms with Crippen molar-refractivity contribution in [2.75, 3.05) is 24.5 Å². The molecule has 0 aromatic heterocycles. The number of amides is 1. The number of hydrogen-bond acceptors (Lipinski definition) is 2. The first-order valence-corrected chi connectivity index (χ1v) is 7.69. The highest BCUT2D eigenvalue weighted by atomic mass is 16.2. The molecule has 2 fully saturated rings. The van der Waals surface area contributed by atoms with Gasteiger partial charge in [0.25, 0.3) is 0 Å². The maximum atomic E-state index is 12.5. The van der Waals surface area contributed by atoms with Crippen LogP contribution < -0.4 is 4.90 Å². The first kappa shape index (κ1) is 13.5. The average Bonchev–Trinajstić information content (AvgIpc) is 2.36. The topological polar surface area (TPSA) is 23.6 Å². The van der Waals surface area contributed by atoms with Gasteiger partial charge in [-0.2, -0.15) is 0 Å². The van der Waals surface area contributed by atoms with E-state index in [0.717, 1.165) is 32.5 Å². The van der Waals surface area contributed by atoms with Crippen LogP contribution in [0.2, 0.25) is 0 Å². The Morgan fingerprint density at radius 2 is 1.85 bits per heavy atom. The molecule has 2 aliphatic rings. The summed E-state index contributed by atoms with van der Waals surface area (Å²) in [6, 6.07) is 10.5. The molecular weight excluding hydrogens is 248 g/mol. The van der Waals surface area contributed by atoms with Crippen molar-refractivity contribution in [3.05, 3.63) is 30.3 Å². The molecule has 1 saturated heterocycles. The summed E-state index contributed by atoms with van der Waals surface area (Å²) in [5.41, 5.74) is 1.18. The van der Waals surface area contributed by atoms with E-state index >= 15 is 0 Å². The fourth-order valence-corrected chi connectivity index (χ4v) is 3.30. The van der Waals surface area contributed by atoms with E-state index in [1.54, 1.807) is 0 Å². The SMILES string of the molecule is CC1(C)CN(c2ccccc2)CCN1C(=O)C1CCC1. The van der Waals surface area contributed by atoms with Crippen molar-refractivity contribution < 1.29 is 4.79 Å². The van der Waals surface area contributed by atoms with Gasteiger partial charge < -0.3 is 9.80 Å². The van der Waals surface area contributed by atoms with Crippen LogP contribution in [0.15, 0.2) is 30.3 Å². The van der Waals surface area contributed by atoms with E-state index in [1.807, 2.05) is 6.07 Å². The summed E-state index contributed by atoms with van der Waals surface area (Å²) < 4.78 is 0. The third-order valence-corrected chi connectivity index (χ3v) is 4.74. The zero-order valence-corrected chi connectivity index (χ0v) is 12.5. The second-order valence-electron chi connectivity index (χ2n) is 6.69. The maximum Gasteiger partial charge on any atom is 0.226 e. The third-order valence-electron chi connectivity index (χ3n) is 4.74. The van der Waals surface area contributed by atoms with Crippen LogP contribution in [0.4, 0.5) is 5.69 Å². The van der Waals surface area contributed by atoms with E-state index in [4.69, 9.17) is 0 Å². The van der Waals surface area contributed by atoms with Crippen molar-refractivity contribution in [3.8, 4) is 0 Å². The Balaban J connectivity index is 1.72. The Kier molecular flexibility index (Phi) is 3.45. The Labute approximate surface area is 121 Å². The molecule has 0 radical (unpaired) electrons. The van der Waals surface area contributed by atoms with Crippen LogP contribution >= 0.6 is 0 Å². The first-order chi connectivity index (χ1) is 9.58. The second kappa shape index (κ2) is 5.12. The number of hydrogen-bond donors (Lipinski definition) is 0. The van der Waals surface area contributed by atoms with Crippen LogP contribution in [0.5, 0.6) is 0 Å². The monoisotopic (exact) mass is 272 g/mol. The average molecular weight is 272 g/mol. The van der Waals surface area contributed by atoms with Crippen LogP contribution in [0.25, 0.3) is 0 Å². The highest BCUT2D eigenvalue weighted by Gasteiger charge is 2.40. The zero-order valence-electron chi connectivity index (χ0n) is 12.5. The summed E-state index contributed by atoms with van der Waals surface area (Å²) in [5.74, 6) is 0.687. The molecule has 1 aromatic rings. The normalized spacial score (nSPS) is 22.5. The number of carbonyl (C=O) groups excluding carboxylic acids is 1. The van der Waals surface area contributed by atoms with Gasteiger partial charge in [0.1, 0.15) is 0 Å². The quantitative estimate of drug-likeness (QED) is 0.826. The fourth-order valence-electron chi connectivity index (χ4n) is 3.30. The van der Waals surface area contributed by atoms with Crippen LogP contribution in [0.3, 0.4) is 0 Å². The predicted molar refractivity (Wildman–Crippen MR) is 81.8 cm³/mol. The molecular formula is C17H24N2O. The highest BCUT2D eigenvalue weighted by Crippen LogP contribution is 2.33. The van der Waals surface area contributed by atoms with E-state index < -0.39 is 0 Å². The van der Waals surface area contributed by atoms with Gasteiger partial charge in [0, 0.05) is 31.2 Å². The van der Waals surface area contributed by atoms with Crippen LogP contribution in [0.1, 0.15) is 33.1 Å². The lowest BCUT2D eigenvalue weighted by molar-refractivity contribution is -0.144. The lowest BCUT2D eigenvalue weighted by Crippen LogP contribution is -2.62. The second-order valence-corrected chi connectivity index (χ2v) is 6.69. The zero-order chi connectivity index (χ0) is 14.2. The van der Waals surface area contributed by atoms with E-state index in [2.05, 4.69) is 47.9 Å². The van der Waals surface area contributed by atoms with Gasteiger partial charge in [0.15, 0.2) is 0 Å². The molecule has 0 N–H and O–H groups in total. The molecule has 1 amide bonds. The van der Waals surface area contributed by atoms with Gasteiger partial charge in [-0.15, -0.1) is 0 Å². The maximum absolute atomic E-state index is 12.5. The van der Waals surface area contributed by atoms with Crippen molar-refractivity contribution in [2.24, 2.45) is 5.92 Å². The molecule has 1 saturated carbocycles. The fraction of sp³-hybridized carbons (Fsp3) is 0.588. The van der Waals surface area contributed by atoms with Crippen molar-refractivity contribution in [1.82, 2.24) is 4.90 Å². The molecule has 3 nitrogen and oxygen atoms in total. The molecule has 1 aliphatic heterocycles. The van der Waals surface area contributed by atoms with E-state index in [1.165, 1.54) is 12.1 Å². The van der Waals surface area contributed by atoms with Gasteiger partial charge >= 0.3 is 0 Å². The van der Waals surface area contributed by atoms with Crippen molar-refractivity contribution in [3.63, 3.8) is 0 Å². The molecule has 3 rings (SSSR count). The van der Waals surface area contributed by atoms with E-state index in [-0.39, 0.29) is 5.54 Å². The molecule has 3 heteroatoms. The van der Waals surface area contributed by atoms with Gasteiger partial charge in [-0.25, -0.2) is 0 Å². The van der Waals surface area contributed by atoms with Crippen LogP contribution in [-0.4, -0.2) is 36.0 Å². The molecule has 0 spiro atoms. The summed E-state index contributed by atoms with van der Waals surface area (Å²) in [6.45, 7) is 7.08. The smallest absolute Gasteiger partial charge is 0.226 e. The number of nitrogens with zero attached hydrogens (tertiary/aromatic N) is 2. The molecule has 1 heterocycles. The molecule has 1 aliphatic carbocycles. The molecule has 0 atom stereocenters. The lowest BCUT2D eigenvalue weighted by atomic mass is 9.82. The highest BCUT2D eigenvalue weighted by molar-refractivity contribution is 5.80. The number of carbonyl (C=O) groups is 1. The lowest BCUT2D eigenvalue weighted by Gasteiger charge is -2.49. The van der Waals surface area contributed by atoms with Crippen molar-refractivity contribution in [2.45, 2.75) is 38.6 Å². The van der Waals surface area contributed by atoms with Gasteiger partial charge in [0.05, 0.1) is 5.54 Å². The van der Waals surface area contributed by atoms with Gasteiger partial charge in [-0.3, -0.25) is 4.79 Å². The number of piperazine rings is 1. The summed E-state index contributed by atoms with van der Waals surface area (Å²) in [6.07, 6.45) is 3.41. The largest absolute Gasteiger partial charge is 0.367 e. The standard InChI is InChI=1S/C17H24N2O/c1-17(2)13-18(15-9-4-3-5-10-15)11-12-19(17)16(20)14-7-6-8-14/h3-5,9-10,14H,6-8,11-13H2,1-2H3. The van der Waals surface area contributed by atoms with Gasteiger partial charge in [-0.1, -0.05) is 24.6 Å². The number of benzene rings is 1. The summed E-state index contributed by atoms with van der Waals surface area (Å²) in [4.78, 5) is 17.1. The Bertz CT molecular complexity index is 479. The molecule has 108 valence electrons. The molecule has 0 unspecified atom stereocenters. The van der Waals surface area contributed by atoms with E-state index in [0.29, 0.717) is 11.8 Å². The van der Waals surface area contributed by atoms with E-state index in [9.17, 15) is 4.79 Å². The Morgan fingerprint density at radius 1 is 1.15 bits per heavy atom. The Hall–Kier alpha value is -1.51. The Morgan fingerprint density at radius 3 is 2.40 bits per heavy atom. The molecule has 1 aromatic carbocycles. The summed E-state index contributed by atoms with van der Waals surface area (Å²) in [5, 5.41) is 0. The summed E-state index contributed by atoms with van der Waals surface area (Å²) >= 11 is 0. The minimum Gasteiger partial charge on any atom is -0.367 e. The van der Waals surface area contributed by atoms with Crippen molar-refractivity contribution in [1.29, 1.82) is 0 Å².